The summed E-state index contributed by atoms with van der Waals surface area (Å²) in [4.78, 5) is 20.8. The van der Waals surface area contributed by atoms with Gasteiger partial charge in [-0.2, -0.15) is 0 Å². The van der Waals surface area contributed by atoms with Crippen molar-refractivity contribution in [2.75, 3.05) is 19.0 Å². The number of ether oxygens (including phenoxy) is 1. The zero-order chi connectivity index (χ0) is 29.4. The molecule has 3 aromatic carbocycles. The normalized spacial score (nSPS) is 21.3. The van der Waals surface area contributed by atoms with Crippen molar-refractivity contribution in [1.29, 1.82) is 0 Å². The number of aromatic hydroxyl groups is 1. The van der Waals surface area contributed by atoms with Gasteiger partial charge >= 0.3 is 0 Å². The van der Waals surface area contributed by atoms with Crippen molar-refractivity contribution in [3.05, 3.63) is 66.2 Å². The summed E-state index contributed by atoms with van der Waals surface area (Å²) in [7, 11) is 3.66. The Bertz CT molecular complexity index is 1900. The number of aromatic nitrogens is 3. The average molecular weight is 577 g/mol. The summed E-state index contributed by atoms with van der Waals surface area (Å²) in [6.07, 6.45) is 4.53. The van der Waals surface area contributed by atoms with Gasteiger partial charge in [0.15, 0.2) is 5.82 Å². The molecular weight excluding hydrogens is 540 g/mol. The predicted molar refractivity (Wildman–Crippen MR) is 168 cm³/mol. The van der Waals surface area contributed by atoms with Crippen LogP contribution in [0, 0.1) is 11.8 Å². The van der Waals surface area contributed by atoms with E-state index < -0.39 is 0 Å². The third-order valence-corrected chi connectivity index (χ3v) is 9.72. The van der Waals surface area contributed by atoms with Crippen molar-refractivity contribution >= 4 is 39.2 Å². The largest absolute Gasteiger partial charge is 0.508 e. The number of methoxy groups -OCH3 is 1. The number of carbonyl (C=O) groups is 1. The molecule has 5 aromatic rings. The quantitative estimate of drug-likeness (QED) is 0.232. The Morgan fingerprint density at radius 1 is 1.07 bits per heavy atom. The number of benzene rings is 3. The van der Waals surface area contributed by atoms with E-state index in [1.807, 2.05) is 36.2 Å². The van der Waals surface area contributed by atoms with Crippen LogP contribution in [0.5, 0.6) is 11.5 Å². The second-order valence-electron chi connectivity index (χ2n) is 12.5. The number of rotatable bonds is 7. The number of likely N-dealkylation sites (tertiary alicyclic amines) is 1. The molecule has 1 saturated heterocycles. The Morgan fingerprint density at radius 2 is 1.91 bits per heavy atom. The number of hydrogen-bond acceptors (Lipinski definition) is 6. The Balaban J connectivity index is 1.21. The third kappa shape index (κ3) is 4.33. The van der Waals surface area contributed by atoms with Crippen LogP contribution in [0.15, 0.2) is 60.7 Å². The molecule has 0 spiro atoms. The first kappa shape index (κ1) is 26.2. The standard InChI is InChI=1S/C34H36N6O3/c1-38-32-26(12-22(14-30(32)43-2)34(42)40-18-21-9-11-27(40)31(21)35)37-33(38)29-13-20-8-10-24(36-23-4-3-5-25(41)15-23)16-28(20)39(29)17-19-6-7-19/h3-5,8,10,12-16,19,21,27,31,36,41H,6-7,9,11,17-18,35H2,1-2H3/t21-,27-,31-/m1/s1. The monoisotopic (exact) mass is 576 g/mol. The van der Waals surface area contributed by atoms with Crippen LogP contribution in [0.25, 0.3) is 33.5 Å². The molecule has 3 fully saturated rings. The van der Waals surface area contributed by atoms with Gasteiger partial charge < -0.3 is 34.9 Å². The van der Waals surface area contributed by atoms with Gasteiger partial charge in [-0.15, -0.1) is 0 Å². The lowest BCUT2D eigenvalue weighted by molar-refractivity contribution is 0.0700. The number of nitrogens with zero attached hydrogens (tertiary/aromatic N) is 4. The maximum Gasteiger partial charge on any atom is 0.254 e. The molecule has 2 aromatic heterocycles. The van der Waals surface area contributed by atoms with Crippen molar-refractivity contribution in [2.24, 2.45) is 24.6 Å². The number of imidazole rings is 1. The third-order valence-electron chi connectivity index (χ3n) is 9.72. The topological polar surface area (TPSA) is 111 Å². The lowest BCUT2D eigenvalue weighted by Crippen LogP contribution is -2.41. The number of piperidine rings is 1. The molecule has 43 heavy (non-hydrogen) atoms. The van der Waals surface area contributed by atoms with Crippen LogP contribution in [0.4, 0.5) is 11.4 Å². The highest BCUT2D eigenvalue weighted by molar-refractivity contribution is 6.00. The van der Waals surface area contributed by atoms with Gasteiger partial charge in [0.1, 0.15) is 17.0 Å². The van der Waals surface area contributed by atoms with Gasteiger partial charge in [-0.25, -0.2) is 4.98 Å². The first-order valence-corrected chi connectivity index (χ1v) is 15.2. The van der Waals surface area contributed by atoms with E-state index >= 15 is 0 Å². The fraction of sp³-hybridized carbons (Fsp3) is 0.353. The van der Waals surface area contributed by atoms with E-state index in [2.05, 4.69) is 38.7 Å². The van der Waals surface area contributed by atoms with E-state index in [-0.39, 0.29) is 23.7 Å². The summed E-state index contributed by atoms with van der Waals surface area (Å²) in [5.74, 6) is 2.74. The summed E-state index contributed by atoms with van der Waals surface area (Å²) in [6.45, 7) is 1.64. The molecule has 4 N–H and O–H groups in total. The number of anilines is 2. The highest BCUT2D eigenvalue weighted by atomic mass is 16.5. The molecule has 2 aliphatic carbocycles. The van der Waals surface area contributed by atoms with Gasteiger partial charge in [0, 0.05) is 60.6 Å². The van der Waals surface area contributed by atoms with Crippen molar-refractivity contribution < 1.29 is 14.6 Å². The number of nitrogens with one attached hydrogen (secondary N) is 1. The number of phenols is 1. The smallest absolute Gasteiger partial charge is 0.254 e. The Labute approximate surface area is 249 Å². The first-order valence-electron chi connectivity index (χ1n) is 15.2. The molecule has 3 atom stereocenters. The van der Waals surface area contributed by atoms with Crippen LogP contribution in [-0.2, 0) is 13.6 Å². The Hall–Kier alpha value is -4.50. The molecule has 1 aliphatic heterocycles. The fourth-order valence-corrected chi connectivity index (χ4v) is 7.29. The zero-order valence-corrected chi connectivity index (χ0v) is 24.5. The van der Waals surface area contributed by atoms with Crippen LogP contribution < -0.4 is 15.8 Å². The molecule has 8 rings (SSSR count). The number of carbonyl (C=O) groups excluding carboxylic acids is 1. The van der Waals surface area contributed by atoms with Gasteiger partial charge in [-0.3, -0.25) is 4.79 Å². The van der Waals surface area contributed by atoms with Crippen molar-refractivity contribution in [3.63, 3.8) is 0 Å². The van der Waals surface area contributed by atoms with Gasteiger partial charge in [0.25, 0.3) is 5.91 Å². The first-order chi connectivity index (χ1) is 20.9. The number of phenolic OH excluding ortho intramolecular Hbond substituents is 1. The van der Waals surface area contributed by atoms with Crippen LogP contribution in [0.1, 0.15) is 36.0 Å². The van der Waals surface area contributed by atoms with E-state index in [1.54, 1.807) is 19.2 Å². The van der Waals surface area contributed by atoms with Crippen molar-refractivity contribution in [3.8, 4) is 23.0 Å². The number of nitrogens with two attached hydrogens (primary N) is 1. The minimum atomic E-state index is 0.00432. The molecule has 2 saturated carbocycles. The van der Waals surface area contributed by atoms with Gasteiger partial charge in [-0.05, 0) is 80.0 Å². The molecule has 0 unspecified atom stereocenters. The van der Waals surface area contributed by atoms with Gasteiger partial charge in [-0.1, -0.05) is 12.1 Å². The molecule has 2 bridgehead atoms. The molecule has 9 nitrogen and oxygen atoms in total. The molecule has 3 aliphatic rings. The van der Waals surface area contributed by atoms with Crippen molar-refractivity contribution in [1.82, 2.24) is 19.0 Å². The van der Waals surface area contributed by atoms with Gasteiger partial charge in [0.2, 0.25) is 0 Å². The van der Waals surface area contributed by atoms with Crippen LogP contribution in [-0.4, -0.2) is 55.8 Å². The Morgan fingerprint density at radius 3 is 2.63 bits per heavy atom. The molecule has 3 heterocycles. The summed E-state index contributed by atoms with van der Waals surface area (Å²) in [5, 5.41) is 14.5. The maximum absolute atomic E-state index is 13.7. The SMILES string of the molecule is COc1cc(C(=O)N2C[C@H]3CC[C@@H]2[C@@H]3N)cc2nc(-c3cc4ccc(Nc5cccc(O)c5)cc4n3CC3CC3)n(C)c12. The highest BCUT2D eigenvalue weighted by Gasteiger charge is 2.47. The molecule has 0 radical (unpaired) electrons. The lowest BCUT2D eigenvalue weighted by atomic mass is 10.1. The van der Waals surface area contributed by atoms with Crippen LogP contribution in [0.2, 0.25) is 0 Å². The molecule has 220 valence electrons. The second-order valence-corrected chi connectivity index (χ2v) is 12.5. The maximum atomic E-state index is 13.7. The second kappa shape index (κ2) is 9.77. The molecule has 9 heteroatoms. The summed E-state index contributed by atoms with van der Waals surface area (Å²) >= 11 is 0. The average Bonchev–Trinajstić information content (AvgIpc) is 3.41. The number of hydrogen-bond donors (Lipinski definition) is 3. The van der Waals surface area contributed by atoms with E-state index in [0.717, 1.165) is 70.8 Å². The number of fused-ring (bicyclic) bond motifs is 4. The van der Waals surface area contributed by atoms with E-state index in [1.165, 1.54) is 12.8 Å². The summed E-state index contributed by atoms with van der Waals surface area (Å²) in [6, 6.07) is 19.7. The van der Waals surface area contributed by atoms with E-state index in [0.29, 0.717) is 23.1 Å². The van der Waals surface area contributed by atoms with E-state index in [9.17, 15) is 9.90 Å². The van der Waals surface area contributed by atoms with Gasteiger partial charge in [0.05, 0.1) is 23.8 Å². The van der Waals surface area contributed by atoms with E-state index in [4.69, 9.17) is 15.5 Å². The van der Waals surface area contributed by atoms with Crippen LogP contribution >= 0.6 is 0 Å². The number of aryl methyl sites for hydroxylation is 1. The number of amides is 1. The minimum absolute atomic E-state index is 0.00432. The summed E-state index contributed by atoms with van der Waals surface area (Å²) < 4.78 is 10.3. The minimum Gasteiger partial charge on any atom is -0.508 e. The van der Waals surface area contributed by atoms with Crippen molar-refractivity contribution in [2.45, 2.75) is 44.3 Å². The predicted octanol–water partition coefficient (Wildman–Crippen LogP) is 5.62. The Kier molecular flexibility index (Phi) is 5.94. The zero-order valence-electron chi connectivity index (χ0n) is 24.5. The summed E-state index contributed by atoms with van der Waals surface area (Å²) in [5.41, 5.74) is 12.5. The molecular formula is C34H36N6O3. The molecule has 1 amide bonds. The fourth-order valence-electron chi connectivity index (χ4n) is 7.29. The van der Waals surface area contributed by atoms with Crippen LogP contribution in [0.3, 0.4) is 0 Å². The lowest BCUT2D eigenvalue weighted by Gasteiger charge is -2.27. The highest BCUT2D eigenvalue weighted by Crippen LogP contribution is 2.40.